The van der Waals surface area contributed by atoms with E-state index in [4.69, 9.17) is 11.6 Å². The number of carbonyl (C=O) groups is 3. The summed E-state index contributed by atoms with van der Waals surface area (Å²) in [6, 6.07) is 5.53. The van der Waals surface area contributed by atoms with Crippen LogP contribution in [-0.4, -0.2) is 34.2 Å². The van der Waals surface area contributed by atoms with Crippen LogP contribution in [0.5, 0.6) is 0 Å². The number of benzene rings is 1. The Kier molecular flexibility index (Phi) is 6.68. The number of hydrogen-bond acceptors (Lipinski definition) is 4. The van der Waals surface area contributed by atoms with Crippen molar-refractivity contribution in [1.29, 1.82) is 5.26 Å². The Bertz CT molecular complexity index is 1140. The topological polar surface area (TPSA) is 115 Å². The van der Waals surface area contributed by atoms with E-state index in [-0.39, 0.29) is 52.6 Å². The number of aromatic amines is 1. The van der Waals surface area contributed by atoms with Gasteiger partial charge < -0.3 is 15.6 Å². The second-order valence-corrected chi connectivity index (χ2v) is 10.6. The number of aromatic nitrogens is 1. The monoisotopic (exact) mass is 486 g/mol. The number of nitrogens with zero attached hydrogens (tertiary/aromatic N) is 1. The van der Waals surface area contributed by atoms with Gasteiger partial charge in [-0.15, -0.1) is 0 Å². The second-order valence-electron chi connectivity index (χ2n) is 10.2. The summed E-state index contributed by atoms with van der Waals surface area (Å²) in [4.78, 5) is 41.3. The molecule has 1 aliphatic carbocycles. The molecule has 3 N–H and O–H groups in total. The van der Waals surface area contributed by atoms with E-state index < -0.39 is 17.8 Å². The maximum Gasteiger partial charge on any atom is 0.224 e. The maximum absolute atomic E-state index is 13.8. The minimum atomic E-state index is -0.813. The molecule has 0 unspecified atom stereocenters. The third kappa shape index (κ3) is 5.58. The van der Waals surface area contributed by atoms with E-state index in [0.29, 0.717) is 29.7 Å². The number of H-pyrrole nitrogens is 1. The van der Waals surface area contributed by atoms with Crippen LogP contribution in [0.2, 0.25) is 5.02 Å². The molecule has 0 bridgehead atoms. The summed E-state index contributed by atoms with van der Waals surface area (Å²) in [6.45, 7) is 3.85. The van der Waals surface area contributed by atoms with Crippen LogP contribution in [0.4, 0.5) is 4.39 Å². The van der Waals surface area contributed by atoms with Gasteiger partial charge in [-0.25, -0.2) is 4.39 Å². The highest BCUT2D eigenvalue weighted by Gasteiger charge is 2.39. The molecule has 2 fully saturated rings. The lowest BCUT2D eigenvalue weighted by Gasteiger charge is -2.20. The number of rotatable bonds is 9. The first kappa shape index (κ1) is 24.2. The number of halogens is 2. The molecule has 7 nitrogen and oxygen atoms in total. The lowest BCUT2D eigenvalue weighted by Crippen LogP contribution is -2.40. The maximum atomic E-state index is 13.8. The van der Waals surface area contributed by atoms with Gasteiger partial charge in [-0.2, -0.15) is 5.26 Å². The zero-order valence-corrected chi connectivity index (χ0v) is 20.0. The molecule has 0 spiro atoms. The number of carbonyl (C=O) groups excluding carboxylic acids is 3. The molecule has 1 aromatic carbocycles. The van der Waals surface area contributed by atoms with Crippen molar-refractivity contribution < 1.29 is 18.8 Å². The predicted octanol–water partition coefficient (Wildman–Crippen LogP) is 4.26. The predicted molar refractivity (Wildman–Crippen MR) is 126 cm³/mol. The van der Waals surface area contributed by atoms with Crippen LogP contribution >= 0.6 is 11.6 Å². The van der Waals surface area contributed by atoms with Crippen LogP contribution < -0.4 is 10.6 Å². The Morgan fingerprint density at radius 2 is 2.03 bits per heavy atom. The van der Waals surface area contributed by atoms with Gasteiger partial charge in [0.15, 0.2) is 5.78 Å². The van der Waals surface area contributed by atoms with Crippen LogP contribution in [-0.2, 0) is 9.59 Å². The SMILES string of the molecule is CC1(C)C[C@@H](C[C@@H](C#N)NC(=O)[C@@H](CC(=O)c2cc3cc(F)c(Cl)cc3[nH]2)CC2CC2)C(=O)N1. The quantitative estimate of drug-likeness (QED) is 0.459. The Balaban J connectivity index is 1.43. The molecule has 0 radical (unpaired) electrons. The minimum absolute atomic E-state index is 0.0273. The molecule has 1 saturated carbocycles. The van der Waals surface area contributed by atoms with Crippen molar-refractivity contribution in [2.45, 2.75) is 64.0 Å². The van der Waals surface area contributed by atoms with Crippen molar-refractivity contribution in [1.82, 2.24) is 15.6 Å². The van der Waals surface area contributed by atoms with Crippen molar-refractivity contribution >= 4 is 40.1 Å². The summed E-state index contributed by atoms with van der Waals surface area (Å²) in [7, 11) is 0. The van der Waals surface area contributed by atoms with Gasteiger partial charge in [-0.1, -0.05) is 24.4 Å². The van der Waals surface area contributed by atoms with Gasteiger partial charge in [0.05, 0.1) is 16.8 Å². The standard InChI is InChI=1S/C25H28ClFN4O3/c1-25(2)11-16(24(34)31-25)6-17(12-28)29-23(33)15(5-13-3-4-13)9-22(32)21-8-14-7-19(27)18(26)10-20(14)30-21/h7-8,10,13,15-17,30H,3-6,9,11H2,1-2H3,(H,29,33)(H,31,34)/t15-,16-,17+/m1/s1. The lowest BCUT2D eigenvalue weighted by molar-refractivity contribution is -0.127. The fourth-order valence-electron chi connectivity index (χ4n) is 4.75. The molecular formula is C25H28ClFN4O3. The van der Waals surface area contributed by atoms with Crippen molar-refractivity contribution in [2.75, 3.05) is 0 Å². The number of fused-ring (bicyclic) bond motifs is 1. The molecule has 4 rings (SSSR count). The first-order chi connectivity index (χ1) is 16.0. The van der Waals surface area contributed by atoms with Crippen LogP contribution in [0.15, 0.2) is 18.2 Å². The van der Waals surface area contributed by atoms with E-state index in [1.165, 1.54) is 12.1 Å². The molecular weight excluding hydrogens is 459 g/mol. The smallest absolute Gasteiger partial charge is 0.224 e. The Morgan fingerprint density at radius 3 is 2.65 bits per heavy atom. The second kappa shape index (κ2) is 9.38. The van der Waals surface area contributed by atoms with Crippen molar-refractivity contribution in [3.05, 3.63) is 34.7 Å². The van der Waals surface area contributed by atoms with Gasteiger partial charge in [0.2, 0.25) is 11.8 Å². The van der Waals surface area contributed by atoms with Gasteiger partial charge >= 0.3 is 0 Å². The summed E-state index contributed by atoms with van der Waals surface area (Å²) in [5.74, 6) is -1.84. The first-order valence-electron chi connectivity index (χ1n) is 11.6. The van der Waals surface area contributed by atoms with Gasteiger partial charge in [0, 0.05) is 34.7 Å². The summed E-state index contributed by atoms with van der Waals surface area (Å²) in [5.41, 5.74) is 0.492. The molecule has 1 aliphatic heterocycles. The highest BCUT2D eigenvalue weighted by molar-refractivity contribution is 6.31. The van der Waals surface area contributed by atoms with E-state index in [2.05, 4.69) is 21.7 Å². The van der Waals surface area contributed by atoms with Crippen molar-refractivity contribution in [3.63, 3.8) is 0 Å². The molecule has 1 saturated heterocycles. The van der Waals surface area contributed by atoms with Gasteiger partial charge in [0.25, 0.3) is 0 Å². The lowest BCUT2D eigenvalue weighted by atomic mass is 9.90. The number of ketones is 1. The Hall–Kier alpha value is -2.92. The van der Waals surface area contributed by atoms with E-state index in [1.807, 2.05) is 13.8 Å². The molecule has 9 heteroatoms. The number of nitrogens with one attached hydrogen (secondary N) is 3. The van der Waals surface area contributed by atoms with E-state index in [1.54, 1.807) is 6.07 Å². The Labute approximate surface area is 202 Å². The van der Waals surface area contributed by atoms with Crippen LogP contribution in [0.1, 0.15) is 62.9 Å². The van der Waals surface area contributed by atoms with Crippen LogP contribution in [0.3, 0.4) is 0 Å². The summed E-state index contributed by atoms with van der Waals surface area (Å²) in [5, 5.41) is 15.8. The number of amides is 2. The summed E-state index contributed by atoms with van der Waals surface area (Å²) >= 11 is 5.83. The number of Topliss-reactive ketones (excluding diaryl/α,β-unsaturated/α-hetero) is 1. The highest BCUT2D eigenvalue weighted by atomic mass is 35.5. The van der Waals surface area contributed by atoms with Gasteiger partial charge in [-0.05, 0) is 57.2 Å². The zero-order valence-electron chi connectivity index (χ0n) is 19.2. The fourth-order valence-corrected chi connectivity index (χ4v) is 4.92. The average molecular weight is 487 g/mol. The van der Waals surface area contributed by atoms with Gasteiger partial charge in [-0.3, -0.25) is 14.4 Å². The normalized spacial score (nSPS) is 21.0. The largest absolute Gasteiger partial charge is 0.352 e. The highest BCUT2D eigenvalue weighted by Crippen LogP contribution is 2.37. The molecule has 3 atom stereocenters. The molecule has 2 amide bonds. The van der Waals surface area contributed by atoms with Crippen LogP contribution in [0, 0.1) is 34.9 Å². The molecule has 2 aromatic rings. The molecule has 180 valence electrons. The van der Waals surface area contributed by atoms with Crippen molar-refractivity contribution in [3.8, 4) is 6.07 Å². The minimum Gasteiger partial charge on any atom is -0.352 e. The van der Waals surface area contributed by atoms with E-state index in [9.17, 15) is 24.0 Å². The average Bonchev–Trinajstić information content (AvgIpc) is 3.42. The third-order valence-electron chi connectivity index (χ3n) is 6.66. The Morgan fingerprint density at radius 1 is 1.29 bits per heavy atom. The molecule has 34 heavy (non-hydrogen) atoms. The van der Waals surface area contributed by atoms with Gasteiger partial charge in [0.1, 0.15) is 11.9 Å². The zero-order chi connectivity index (χ0) is 24.6. The summed E-state index contributed by atoms with van der Waals surface area (Å²) in [6.07, 6.45) is 3.39. The summed E-state index contributed by atoms with van der Waals surface area (Å²) < 4.78 is 13.8. The first-order valence-corrected chi connectivity index (χ1v) is 12.0. The number of hydrogen-bond donors (Lipinski definition) is 3. The molecule has 1 aromatic heterocycles. The fraction of sp³-hybridized carbons (Fsp3) is 0.520. The number of nitriles is 1. The van der Waals surface area contributed by atoms with E-state index >= 15 is 0 Å². The molecule has 2 heterocycles. The van der Waals surface area contributed by atoms with Crippen molar-refractivity contribution in [2.24, 2.45) is 17.8 Å². The molecule has 2 aliphatic rings. The van der Waals surface area contributed by atoms with E-state index in [0.717, 1.165) is 12.8 Å². The van der Waals surface area contributed by atoms with Crippen LogP contribution in [0.25, 0.3) is 10.9 Å². The third-order valence-corrected chi connectivity index (χ3v) is 6.95.